The van der Waals surface area contributed by atoms with E-state index in [2.05, 4.69) is 33.0 Å². The van der Waals surface area contributed by atoms with Gasteiger partial charge in [-0.25, -0.2) is 8.42 Å². The molecule has 0 bridgehead atoms. The topological polar surface area (TPSA) is 49.4 Å². The van der Waals surface area contributed by atoms with Crippen molar-refractivity contribution in [2.75, 3.05) is 13.1 Å². The molecular weight excluding hydrogens is 292 g/mol. The van der Waals surface area contributed by atoms with Crippen LogP contribution in [0.3, 0.4) is 0 Å². The Bertz CT molecular complexity index is 561. The molecule has 1 N–H and O–H groups in total. The number of nitrogens with one attached hydrogen (secondary N) is 1. The molecule has 0 radical (unpaired) electrons. The summed E-state index contributed by atoms with van der Waals surface area (Å²) in [7, 11) is -3.30. The van der Waals surface area contributed by atoms with Crippen LogP contribution in [-0.2, 0) is 16.6 Å². The minimum absolute atomic E-state index is 0.0896. The molecule has 1 aromatic rings. The van der Waals surface area contributed by atoms with Gasteiger partial charge in [-0.3, -0.25) is 0 Å². The van der Waals surface area contributed by atoms with Crippen LogP contribution in [-0.4, -0.2) is 31.9 Å². The molecule has 4 nitrogen and oxygen atoms in total. The van der Waals surface area contributed by atoms with Gasteiger partial charge in [-0.15, -0.1) is 11.3 Å². The minimum Gasteiger partial charge on any atom is -0.310 e. The van der Waals surface area contributed by atoms with Crippen LogP contribution in [0.25, 0.3) is 0 Å². The molecular formula is C14H24N2O2S2. The van der Waals surface area contributed by atoms with Gasteiger partial charge in [0.15, 0.2) is 0 Å². The molecule has 6 heteroatoms. The van der Waals surface area contributed by atoms with Crippen LogP contribution in [0.4, 0.5) is 0 Å². The van der Waals surface area contributed by atoms with Gasteiger partial charge in [-0.1, -0.05) is 27.7 Å². The second-order valence-corrected chi connectivity index (χ2v) is 9.64. The lowest BCUT2D eigenvalue weighted by Gasteiger charge is -2.18. The maximum absolute atomic E-state index is 12.6. The fourth-order valence-corrected chi connectivity index (χ4v) is 5.29. The van der Waals surface area contributed by atoms with Crippen molar-refractivity contribution in [2.24, 2.45) is 5.41 Å². The molecule has 20 heavy (non-hydrogen) atoms. The van der Waals surface area contributed by atoms with Crippen LogP contribution < -0.4 is 5.32 Å². The molecule has 0 amide bonds. The first-order valence-electron chi connectivity index (χ1n) is 7.02. The van der Waals surface area contributed by atoms with Gasteiger partial charge < -0.3 is 5.32 Å². The van der Waals surface area contributed by atoms with E-state index in [1.165, 1.54) is 11.3 Å². The van der Waals surface area contributed by atoms with Crippen molar-refractivity contribution in [1.82, 2.24) is 9.62 Å². The zero-order chi connectivity index (χ0) is 15.0. The number of nitrogens with zero attached hydrogens (tertiary/aromatic N) is 1. The van der Waals surface area contributed by atoms with E-state index in [-0.39, 0.29) is 5.41 Å². The SMILES string of the molecule is CC(C)NCc1csc(S(=O)(=O)N2CCC(C)(C)C2)c1. The molecule has 0 aliphatic carbocycles. The van der Waals surface area contributed by atoms with Crippen LogP contribution >= 0.6 is 11.3 Å². The molecule has 0 saturated carbocycles. The van der Waals surface area contributed by atoms with Crippen molar-refractivity contribution >= 4 is 21.4 Å². The van der Waals surface area contributed by atoms with E-state index in [4.69, 9.17) is 0 Å². The summed E-state index contributed by atoms with van der Waals surface area (Å²) in [6.45, 7) is 10.4. The third-order valence-corrected chi connectivity index (χ3v) is 6.89. The maximum Gasteiger partial charge on any atom is 0.252 e. The van der Waals surface area contributed by atoms with E-state index in [0.29, 0.717) is 23.3 Å². The molecule has 1 fully saturated rings. The highest BCUT2D eigenvalue weighted by atomic mass is 32.2. The highest BCUT2D eigenvalue weighted by Crippen LogP contribution is 2.34. The molecule has 2 heterocycles. The number of sulfonamides is 1. The normalized spacial score (nSPS) is 19.9. The molecule has 0 unspecified atom stereocenters. The van der Waals surface area contributed by atoms with Gasteiger partial charge in [0.05, 0.1) is 0 Å². The molecule has 1 saturated heterocycles. The predicted octanol–water partition coefficient (Wildman–Crippen LogP) is 2.67. The molecule has 1 aliphatic rings. The van der Waals surface area contributed by atoms with Crippen molar-refractivity contribution < 1.29 is 8.42 Å². The standard InChI is InChI=1S/C14H24N2O2S2/c1-11(2)15-8-12-7-13(19-9-12)20(17,18)16-6-5-14(3,4)10-16/h7,9,11,15H,5-6,8,10H2,1-4H3. The number of hydrogen-bond acceptors (Lipinski definition) is 4. The summed E-state index contributed by atoms with van der Waals surface area (Å²) in [5, 5.41) is 5.24. The highest BCUT2D eigenvalue weighted by Gasteiger charge is 2.37. The largest absolute Gasteiger partial charge is 0.310 e. The number of rotatable bonds is 5. The Balaban J connectivity index is 2.11. The lowest BCUT2D eigenvalue weighted by Crippen LogP contribution is -2.29. The molecule has 1 aliphatic heterocycles. The van der Waals surface area contributed by atoms with E-state index in [9.17, 15) is 8.42 Å². The Morgan fingerprint density at radius 1 is 1.45 bits per heavy atom. The van der Waals surface area contributed by atoms with Gasteiger partial charge >= 0.3 is 0 Å². The lowest BCUT2D eigenvalue weighted by atomic mass is 9.93. The smallest absolute Gasteiger partial charge is 0.252 e. The molecule has 0 atom stereocenters. The first kappa shape index (κ1) is 15.9. The Morgan fingerprint density at radius 3 is 2.70 bits per heavy atom. The summed E-state index contributed by atoms with van der Waals surface area (Å²) in [6.07, 6.45) is 0.930. The van der Waals surface area contributed by atoms with Gasteiger partial charge in [-0.2, -0.15) is 4.31 Å². The van der Waals surface area contributed by atoms with Gasteiger partial charge in [0.2, 0.25) is 0 Å². The Morgan fingerprint density at radius 2 is 2.15 bits per heavy atom. The Hall–Kier alpha value is -0.430. The van der Waals surface area contributed by atoms with E-state index in [0.717, 1.165) is 18.5 Å². The zero-order valence-electron chi connectivity index (χ0n) is 12.6. The van der Waals surface area contributed by atoms with E-state index in [1.54, 1.807) is 10.4 Å². The average molecular weight is 316 g/mol. The van der Waals surface area contributed by atoms with Gasteiger partial charge in [-0.05, 0) is 28.8 Å². The van der Waals surface area contributed by atoms with E-state index in [1.807, 2.05) is 5.38 Å². The van der Waals surface area contributed by atoms with Crippen LogP contribution in [0.5, 0.6) is 0 Å². The van der Waals surface area contributed by atoms with Crippen molar-refractivity contribution in [1.29, 1.82) is 0 Å². The maximum atomic E-state index is 12.6. The molecule has 2 rings (SSSR count). The third kappa shape index (κ3) is 3.61. The van der Waals surface area contributed by atoms with E-state index >= 15 is 0 Å². The first-order valence-corrected chi connectivity index (χ1v) is 9.34. The molecule has 0 spiro atoms. The summed E-state index contributed by atoms with van der Waals surface area (Å²) in [5.41, 5.74) is 1.13. The summed E-state index contributed by atoms with van der Waals surface area (Å²) in [4.78, 5) is 0. The van der Waals surface area contributed by atoms with Crippen molar-refractivity contribution in [2.45, 2.75) is 50.9 Å². The quantitative estimate of drug-likeness (QED) is 0.908. The lowest BCUT2D eigenvalue weighted by molar-refractivity contribution is 0.376. The highest BCUT2D eigenvalue weighted by molar-refractivity contribution is 7.91. The second kappa shape index (κ2) is 5.75. The van der Waals surface area contributed by atoms with Crippen molar-refractivity contribution in [3.05, 3.63) is 17.0 Å². The fraction of sp³-hybridized carbons (Fsp3) is 0.714. The average Bonchev–Trinajstić information content (AvgIpc) is 2.93. The molecule has 114 valence electrons. The van der Waals surface area contributed by atoms with Gasteiger partial charge in [0.1, 0.15) is 4.21 Å². The monoisotopic (exact) mass is 316 g/mol. The zero-order valence-corrected chi connectivity index (χ0v) is 14.3. The van der Waals surface area contributed by atoms with Crippen LogP contribution in [0, 0.1) is 5.41 Å². The Labute approximate surface area is 126 Å². The molecule has 1 aromatic heterocycles. The van der Waals surface area contributed by atoms with Crippen molar-refractivity contribution in [3.63, 3.8) is 0 Å². The van der Waals surface area contributed by atoms with Gasteiger partial charge in [0, 0.05) is 25.7 Å². The summed E-state index contributed by atoms with van der Waals surface area (Å²) < 4.78 is 27.3. The Kier molecular flexibility index (Phi) is 4.59. The predicted molar refractivity (Wildman–Crippen MR) is 83.5 cm³/mol. The summed E-state index contributed by atoms with van der Waals surface area (Å²) in [5.74, 6) is 0. The van der Waals surface area contributed by atoms with Gasteiger partial charge in [0.25, 0.3) is 10.0 Å². The third-order valence-electron chi connectivity index (χ3n) is 3.58. The summed E-state index contributed by atoms with van der Waals surface area (Å²) in [6, 6.07) is 2.20. The van der Waals surface area contributed by atoms with Crippen LogP contribution in [0.1, 0.15) is 39.7 Å². The van der Waals surface area contributed by atoms with Crippen LogP contribution in [0.2, 0.25) is 0 Å². The molecule has 0 aromatic carbocycles. The fourth-order valence-electron chi connectivity index (χ4n) is 2.30. The minimum atomic E-state index is -3.30. The number of hydrogen-bond donors (Lipinski definition) is 1. The first-order chi connectivity index (χ1) is 9.21. The van der Waals surface area contributed by atoms with Crippen LogP contribution in [0.15, 0.2) is 15.7 Å². The van der Waals surface area contributed by atoms with Crippen molar-refractivity contribution in [3.8, 4) is 0 Å². The summed E-state index contributed by atoms with van der Waals surface area (Å²) >= 11 is 1.33. The number of thiophene rings is 1. The van der Waals surface area contributed by atoms with E-state index < -0.39 is 10.0 Å². The second-order valence-electron chi connectivity index (χ2n) is 6.56.